The van der Waals surface area contributed by atoms with Gasteiger partial charge in [0.25, 0.3) is 0 Å². The molecule has 0 aliphatic heterocycles. The third kappa shape index (κ3) is 8.02. The number of amides is 1. The van der Waals surface area contributed by atoms with Crippen molar-refractivity contribution in [2.45, 2.75) is 52.1 Å². The minimum atomic E-state index is -0.921. The number of carbonyl (C=O) groups is 5. The van der Waals surface area contributed by atoms with Crippen LogP contribution < -0.4 is 26.3 Å². The van der Waals surface area contributed by atoms with Crippen LogP contribution in [0.1, 0.15) is 50.6 Å². The molecule has 2 atom stereocenters. The quantitative estimate of drug-likeness (QED) is 0.163. The lowest BCUT2D eigenvalue weighted by atomic mass is 10.0. The summed E-state index contributed by atoms with van der Waals surface area (Å²) >= 11 is 0. The minimum Gasteiger partial charge on any atom is -0.468 e. The fourth-order valence-electron chi connectivity index (χ4n) is 3.89. The first-order valence-corrected chi connectivity index (χ1v) is 12.4. The normalized spacial score (nSPS) is 12.1. The molecule has 0 spiro atoms. The lowest BCUT2D eigenvalue weighted by Crippen LogP contribution is -2.37. The molecular formula is C28H35N3O10. The molecule has 1 aromatic heterocycles. The molecule has 0 saturated carbocycles. The zero-order valence-electron chi connectivity index (χ0n) is 22.3. The van der Waals surface area contributed by atoms with Gasteiger partial charge in [-0.15, -0.1) is 0 Å². The fourth-order valence-corrected chi connectivity index (χ4v) is 3.89. The number of methoxy groups -OCH3 is 2. The van der Waals surface area contributed by atoms with Gasteiger partial charge in [0, 0.05) is 30.7 Å². The van der Waals surface area contributed by atoms with E-state index in [-0.39, 0.29) is 67.9 Å². The number of Topliss-reactive ketones (excluding diaryl/α,β-unsaturated/α-hetero) is 1. The van der Waals surface area contributed by atoms with Crippen molar-refractivity contribution >= 4 is 51.5 Å². The maximum atomic E-state index is 12.7. The molecule has 0 fully saturated rings. The van der Waals surface area contributed by atoms with Crippen LogP contribution in [-0.4, -0.2) is 62.6 Å². The molecule has 0 aliphatic rings. The monoisotopic (exact) mass is 573 g/mol. The Kier molecular flexibility index (Phi) is 11.8. The summed E-state index contributed by atoms with van der Waals surface area (Å²) in [6.07, 6.45) is -0.332. The van der Waals surface area contributed by atoms with Gasteiger partial charge < -0.3 is 40.1 Å². The topological polar surface area (TPSA) is 199 Å². The third-order valence-electron chi connectivity index (χ3n) is 5.99. The number of ether oxygens (including phenoxy) is 4. The van der Waals surface area contributed by atoms with E-state index in [1.165, 1.54) is 27.2 Å². The van der Waals surface area contributed by atoms with Gasteiger partial charge in [-0.2, -0.15) is 0 Å². The van der Waals surface area contributed by atoms with E-state index < -0.39 is 41.9 Å². The molecule has 1 heterocycles. The average Bonchev–Trinajstić information content (AvgIpc) is 3.39. The summed E-state index contributed by atoms with van der Waals surface area (Å²) < 4.78 is 26.2. The Hall–Kier alpha value is -4.49. The molecule has 41 heavy (non-hydrogen) atoms. The van der Waals surface area contributed by atoms with E-state index in [0.29, 0.717) is 10.8 Å². The van der Waals surface area contributed by atoms with Crippen molar-refractivity contribution in [2.24, 2.45) is 11.5 Å². The first-order chi connectivity index (χ1) is 19.1. The summed E-state index contributed by atoms with van der Waals surface area (Å²) in [7, 11) is 2.44. The van der Waals surface area contributed by atoms with Gasteiger partial charge in [-0.1, -0.05) is 31.7 Å². The van der Waals surface area contributed by atoms with Crippen molar-refractivity contribution in [1.82, 2.24) is 5.32 Å². The van der Waals surface area contributed by atoms with Gasteiger partial charge in [-0.05, 0) is 25.3 Å². The Labute approximate surface area is 236 Å². The predicted molar refractivity (Wildman–Crippen MR) is 149 cm³/mol. The predicted octanol–water partition coefficient (Wildman–Crippen LogP) is 2.98. The highest BCUT2D eigenvalue weighted by Gasteiger charge is 2.25. The van der Waals surface area contributed by atoms with Crippen molar-refractivity contribution in [3.8, 4) is 11.5 Å². The third-order valence-corrected chi connectivity index (χ3v) is 5.99. The van der Waals surface area contributed by atoms with Crippen LogP contribution in [0.5, 0.6) is 11.5 Å². The number of nitrogens with one attached hydrogen (secondary N) is 1. The van der Waals surface area contributed by atoms with Crippen LogP contribution in [0, 0.1) is 0 Å². The summed E-state index contributed by atoms with van der Waals surface area (Å²) in [5, 5.41) is 3.53. The average molecular weight is 574 g/mol. The number of carbonyl (C=O) groups excluding carboxylic acids is 5. The van der Waals surface area contributed by atoms with Crippen LogP contribution >= 0.6 is 0 Å². The van der Waals surface area contributed by atoms with Crippen LogP contribution in [-0.2, 0) is 23.9 Å². The maximum Gasteiger partial charge on any atom is 0.412 e. The standard InChI is InChI=1S/C27H31N3O10.CH4/c1-14(31)20-13-17-22(40-27(35)30-12-11-19(29)26(34)37-3)15-7-4-5-8-16(15)23(24(17)38-20)39-21(32)10-6-9-18(28)25(33)36-2;/h4-5,7-8,13,18-19H,6,9-12,28-29H2,1-3H3,(H,30,35);1H4/t18-,19-;/m0./s1. The van der Waals surface area contributed by atoms with Crippen LogP contribution in [0.25, 0.3) is 21.7 Å². The van der Waals surface area contributed by atoms with E-state index in [4.69, 9.17) is 25.4 Å². The first-order valence-electron chi connectivity index (χ1n) is 12.4. The summed E-state index contributed by atoms with van der Waals surface area (Å²) in [6, 6.07) is 6.28. The number of esters is 3. The second-order valence-electron chi connectivity index (χ2n) is 8.84. The van der Waals surface area contributed by atoms with Crippen LogP contribution in [0.3, 0.4) is 0 Å². The SMILES string of the molecule is C.COC(=O)[C@@H](N)CCCC(=O)Oc1c2ccccc2c(OC(=O)NCC[C@H](N)C(=O)OC)c2cc(C(C)=O)oc12. The molecule has 2 aromatic carbocycles. The number of nitrogens with two attached hydrogens (primary N) is 2. The number of rotatable bonds is 12. The lowest BCUT2D eigenvalue weighted by molar-refractivity contribution is -0.143. The molecule has 1 amide bonds. The molecule has 0 radical (unpaired) electrons. The molecule has 3 rings (SSSR count). The number of furan rings is 1. The fraction of sp³-hybridized carbons (Fsp3) is 0.393. The molecule has 0 unspecified atom stereocenters. The first kappa shape index (κ1) is 32.7. The van der Waals surface area contributed by atoms with Crippen molar-refractivity contribution in [2.75, 3.05) is 20.8 Å². The van der Waals surface area contributed by atoms with Gasteiger partial charge in [0.15, 0.2) is 28.6 Å². The largest absolute Gasteiger partial charge is 0.468 e. The molecule has 3 aromatic rings. The van der Waals surface area contributed by atoms with Crippen molar-refractivity contribution in [3.63, 3.8) is 0 Å². The molecule has 0 bridgehead atoms. The Balaban J connectivity index is 0.00000588. The molecule has 13 nitrogen and oxygen atoms in total. The Morgan fingerprint density at radius 2 is 1.46 bits per heavy atom. The highest BCUT2D eigenvalue weighted by molar-refractivity contribution is 6.12. The highest BCUT2D eigenvalue weighted by atomic mass is 16.6. The number of benzene rings is 2. The Morgan fingerprint density at radius 3 is 2.05 bits per heavy atom. The van der Waals surface area contributed by atoms with Gasteiger partial charge in [-0.3, -0.25) is 19.2 Å². The van der Waals surface area contributed by atoms with Gasteiger partial charge in [0.1, 0.15) is 12.1 Å². The van der Waals surface area contributed by atoms with E-state index >= 15 is 0 Å². The van der Waals surface area contributed by atoms with Gasteiger partial charge in [0.05, 0.1) is 19.6 Å². The van der Waals surface area contributed by atoms with Crippen LogP contribution in [0.2, 0.25) is 0 Å². The smallest absolute Gasteiger partial charge is 0.412 e. The van der Waals surface area contributed by atoms with Crippen molar-refractivity contribution in [1.29, 1.82) is 0 Å². The van der Waals surface area contributed by atoms with Gasteiger partial charge in [0.2, 0.25) is 0 Å². The van der Waals surface area contributed by atoms with Gasteiger partial charge >= 0.3 is 24.0 Å². The van der Waals surface area contributed by atoms with Crippen LogP contribution in [0.4, 0.5) is 4.79 Å². The molecule has 0 aliphatic carbocycles. The number of ketones is 1. The molecule has 0 saturated heterocycles. The number of fused-ring (bicyclic) bond motifs is 2. The molecular weight excluding hydrogens is 538 g/mol. The maximum absolute atomic E-state index is 12.7. The van der Waals surface area contributed by atoms with Gasteiger partial charge in [-0.25, -0.2) is 4.79 Å². The summed E-state index contributed by atoms with van der Waals surface area (Å²) in [5.74, 6) is -2.16. The Morgan fingerprint density at radius 1 is 0.878 bits per heavy atom. The molecule has 13 heteroatoms. The van der Waals surface area contributed by atoms with E-state index in [1.807, 2.05) is 0 Å². The summed E-state index contributed by atoms with van der Waals surface area (Å²) in [4.78, 5) is 60.5. The van der Waals surface area contributed by atoms with E-state index in [0.717, 1.165) is 0 Å². The Bertz CT molecular complexity index is 1330. The number of hydrogen-bond acceptors (Lipinski definition) is 12. The second-order valence-corrected chi connectivity index (χ2v) is 8.84. The minimum absolute atomic E-state index is 0. The van der Waals surface area contributed by atoms with Crippen molar-refractivity contribution in [3.05, 3.63) is 36.1 Å². The number of hydrogen-bond donors (Lipinski definition) is 3. The second kappa shape index (κ2) is 14.8. The zero-order chi connectivity index (χ0) is 29.4. The summed E-state index contributed by atoms with van der Waals surface area (Å²) in [6.45, 7) is 1.32. The molecule has 222 valence electrons. The van der Waals surface area contributed by atoms with E-state index in [2.05, 4.69) is 14.8 Å². The van der Waals surface area contributed by atoms with E-state index in [1.54, 1.807) is 24.3 Å². The lowest BCUT2D eigenvalue weighted by Gasteiger charge is -2.14. The molecule has 5 N–H and O–H groups in total. The zero-order valence-corrected chi connectivity index (χ0v) is 22.3. The van der Waals surface area contributed by atoms with Crippen molar-refractivity contribution < 1.29 is 47.3 Å². The van der Waals surface area contributed by atoms with Crippen LogP contribution in [0.15, 0.2) is 34.7 Å². The van der Waals surface area contributed by atoms with E-state index in [9.17, 15) is 24.0 Å². The highest BCUT2D eigenvalue weighted by Crippen LogP contribution is 2.44. The summed E-state index contributed by atoms with van der Waals surface area (Å²) in [5.41, 5.74) is 11.4.